The molecule has 0 unspecified atom stereocenters. The first-order valence-corrected chi connectivity index (χ1v) is 4.77. The molecule has 0 aromatic rings. The normalized spacial score (nSPS) is 11.5. The largest absolute Gasteiger partial charge is 0.368 e. The van der Waals surface area contributed by atoms with Crippen LogP contribution in [-0.2, 0) is 0 Å². The predicted molar refractivity (Wildman–Crippen MR) is 60.3 cm³/mol. The molecule has 0 aliphatic heterocycles. The van der Waals surface area contributed by atoms with E-state index in [1.165, 1.54) is 11.1 Å². The van der Waals surface area contributed by atoms with Crippen molar-refractivity contribution in [2.24, 2.45) is 5.92 Å². The first-order valence-electron chi connectivity index (χ1n) is 4.77. The van der Waals surface area contributed by atoms with Crippen molar-refractivity contribution >= 4 is 0 Å². The standard InChI is InChI=1S/C12H21N/c1-10(2)6-8-13-9-7-12(5)11(3)4/h6-10,13H,1-5H3/b8-6-,9-7-. The van der Waals surface area contributed by atoms with Crippen LogP contribution in [-0.4, -0.2) is 0 Å². The molecule has 1 heteroatoms. The lowest BCUT2D eigenvalue weighted by molar-refractivity contribution is 0.824. The Kier molecular flexibility index (Phi) is 6.03. The summed E-state index contributed by atoms with van der Waals surface area (Å²) in [6, 6.07) is 0. The van der Waals surface area contributed by atoms with E-state index in [2.05, 4.69) is 52.1 Å². The second kappa shape index (κ2) is 6.53. The Hall–Kier alpha value is -0.980. The predicted octanol–water partition coefficient (Wildman–Crippen LogP) is 3.62. The highest BCUT2D eigenvalue weighted by atomic mass is 14.8. The van der Waals surface area contributed by atoms with Gasteiger partial charge in [0.25, 0.3) is 0 Å². The monoisotopic (exact) mass is 179 g/mol. The molecule has 0 rings (SSSR count). The average Bonchev–Trinajstić information content (AvgIpc) is 2.02. The van der Waals surface area contributed by atoms with Gasteiger partial charge in [0, 0.05) is 6.20 Å². The van der Waals surface area contributed by atoms with E-state index in [0.29, 0.717) is 5.92 Å². The lowest BCUT2D eigenvalue weighted by Gasteiger charge is -1.96. The Morgan fingerprint density at radius 1 is 1.08 bits per heavy atom. The van der Waals surface area contributed by atoms with Crippen LogP contribution in [0, 0.1) is 5.92 Å². The second-order valence-electron chi connectivity index (χ2n) is 3.79. The van der Waals surface area contributed by atoms with Gasteiger partial charge in [-0.3, -0.25) is 0 Å². The van der Waals surface area contributed by atoms with Crippen LogP contribution in [0.25, 0.3) is 0 Å². The van der Waals surface area contributed by atoms with Gasteiger partial charge in [-0.25, -0.2) is 0 Å². The summed E-state index contributed by atoms with van der Waals surface area (Å²) in [7, 11) is 0. The highest BCUT2D eigenvalue weighted by molar-refractivity contribution is 5.20. The number of allylic oxidation sites excluding steroid dienone is 4. The molecule has 0 bridgehead atoms. The molecule has 0 heterocycles. The fourth-order valence-corrected chi connectivity index (χ4v) is 0.643. The number of rotatable bonds is 4. The summed E-state index contributed by atoms with van der Waals surface area (Å²) in [5.41, 5.74) is 2.66. The molecule has 0 aromatic heterocycles. The van der Waals surface area contributed by atoms with Crippen molar-refractivity contribution in [3.05, 3.63) is 35.7 Å². The average molecular weight is 179 g/mol. The summed E-state index contributed by atoms with van der Waals surface area (Å²) in [6.07, 6.45) is 8.14. The lowest BCUT2D eigenvalue weighted by Crippen LogP contribution is -1.93. The van der Waals surface area contributed by atoms with Gasteiger partial charge in [0.2, 0.25) is 0 Å². The highest BCUT2D eigenvalue weighted by Crippen LogP contribution is 2.01. The van der Waals surface area contributed by atoms with Crippen molar-refractivity contribution in [1.82, 2.24) is 5.32 Å². The summed E-state index contributed by atoms with van der Waals surface area (Å²) < 4.78 is 0. The van der Waals surface area contributed by atoms with Crippen molar-refractivity contribution in [2.75, 3.05) is 0 Å². The quantitative estimate of drug-likeness (QED) is 0.650. The fraction of sp³-hybridized carbons (Fsp3) is 0.500. The first-order chi connectivity index (χ1) is 6.04. The molecule has 1 nitrogen and oxygen atoms in total. The van der Waals surface area contributed by atoms with Gasteiger partial charge in [0.1, 0.15) is 0 Å². The van der Waals surface area contributed by atoms with Crippen LogP contribution in [0.3, 0.4) is 0 Å². The molecule has 1 N–H and O–H groups in total. The van der Waals surface area contributed by atoms with E-state index >= 15 is 0 Å². The summed E-state index contributed by atoms with van der Waals surface area (Å²) in [4.78, 5) is 0. The van der Waals surface area contributed by atoms with E-state index in [4.69, 9.17) is 0 Å². The molecule has 0 saturated carbocycles. The highest BCUT2D eigenvalue weighted by Gasteiger charge is 1.83. The third kappa shape index (κ3) is 7.38. The summed E-state index contributed by atoms with van der Waals surface area (Å²) >= 11 is 0. The molecule has 74 valence electrons. The Morgan fingerprint density at radius 3 is 2.15 bits per heavy atom. The third-order valence-electron chi connectivity index (χ3n) is 1.80. The minimum absolute atomic E-state index is 0.602. The zero-order valence-electron chi connectivity index (χ0n) is 9.39. The maximum Gasteiger partial charge on any atom is 0.000692 e. The minimum atomic E-state index is 0.602. The molecular weight excluding hydrogens is 158 g/mol. The van der Waals surface area contributed by atoms with Crippen molar-refractivity contribution in [3.63, 3.8) is 0 Å². The molecule has 13 heavy (non-hydrogen) atoms. The van der Waals surface area contributed by atoms with E-state index in [-0.39, 0.29) is 0 Å². The minimum Gasteiger partial charge on any atom is -0.368 e. The third-order valence-corrected chi connectivity index (χ3v) is 1.80. The Balaban J connectivity index is 3.84. The van der Waals surface area contributed by atoms with Crippen molar-refractivity contribution in [2.45, 2.75) is 34.6 Å². The van der Waals surface area contributed by atoms with Crippen LogP contribution in [0.15, 0.2) is 35.7 Å². The van der Waals surface area contributed by atoms with Crippen LogP contribution < -0.4 is 5.32 Å². The second-order valence-corrected chi connectivity index (χ2v) is 3.79. The Labute approximate surface area is 82.2 Å². The van der Waals surface area contributed by atoms with Crippen LogP contribution in [0.4, 0.5) is 0 Å². The summed E-state index contributed by atoms with van der Waals surface area (Å²) in [6.45, 7) is 10.7. The van der Waals surface area contributed by atoms with E-state index in [0.717, 1.165) is 0 Å². The lowest BCUT2D eigenvalue weighted by atomic mass is 10.2. The molecule has 0 aliphatic carbocycles. The molecule has 0 fully saturated rings. The van der Waals surface area contributed by atoms with Crippen LogP contribution in [0.1, 0.15) is 34.6 Å². The maximum atomic E-state index is 3.11. The SMILES string of the molecule is CC(C)=C(C)/C=C\N/C=C\C(C)C. The zero-order valence-corrected chi connectivity index (χ0v) is 9.39. The molecular formula is C12H21N. The van der Waals surface area contributed by atoms with Gasteiger partial charge >= 0.3 is 0 Å². The topological polar surface area (TPSA) is 12.0 Å². The van der Waals surface area contributed by atoms with E-state index in [1.54, 1.807) is 0 Å². The summed E-state index contributed by atoms with van der Waals surface area (Å²) in [5, 5.41) is 3.11. The Bertz CT molecular complexity index is 215. The van der Waals surface area contributed by atoms with Crippen molar-refractivity contribution < 1.29 is 0 Å². The molecule has 0 aliphatic rings. The maximum absolute atomic E-state index is 3.11. The number of nitrogens with one attached hydrogen (secondary N) is 1. The van der Waals surface area contributed by atoms with Gasteiger partial charge < -0.3 is 5.32 Å². The molecule has 0 amide bonds. The van der Waals surface area contributed by atoms with Crippen molar-refractivity contribution in [1.29, 1.82) is 0 Å². The van der Waals surface area contributed by atoms with Crippen LogP contribution in [0.2, 0.25) is 0 Å². The first kappa shape index (κ1) is 12.0. The molecule has 0 atom stereocenters. The van der Waals surface area contributed by atoms with Crippen LogP contribution >= 0.6 is 0 Å². The van der Waals surface area contributed by atoms with Gasteiger partial charge in [-0.15, -0.1) is 0 Å². The molecule has 0 spiro atoms. The molecule has 0 saturated heterocycles. The fourth-order valence-electron chi connectivity index (χ4n) is 0.643. The van der Waals surface area contributed by atoms with Gasteiger partial charge in [0.15, 0.2) is 0 Å². The van der Waals surface area contributed by atoms with Gasteiger partial charge in [-0.2, -0.15) is 0 Å². The summed E-state index contributed by atoms with van der Waals surface area (Å²) in [5.74, 6) is 0.602. The smallest absolute Gasteiger partial charge is 0.000692 e. The number of hydrogen-bond donors (Lipinski definition) is 1. The van der Waals surface area contributed by atoms with E-state index < -0.39 is 0 Å². The van der Waals surface area contributed by atoms with Crippen molar-refractivity contribution in [3.8, 4) is 0 Å². The van der Waals surface area contributed by atoms with Gasteiger partial charge in [-0.05, 0) is 39.0 Å². The van der Waals surface area contributed by atoms with E-state index in [9.17, 15) is 0 Å². The van der Waals surface area contributed by atoms with E-state index in [1.807, 2.05) is 12.4 Å². The zero-order chi connectivity index (χ0) is 10.3. The Morgan fingerprint density at radius 2 is 1.69 bits per heavy atom. The van der Waals surface area contributed by atoms with Gasteiger partial charge in [0.05, 0.1) is 0 Å². The number of hydrogen-bond acceptors (Lipinski definition) is 1. The van der Waals surface area contributed by atoms with Gasteiger partial charge in [-0.1, -0.05) is 31.1 Å². The van der Waals surface area contributed by atoms with Crippen LogP contribution in [0.5, 0.6) is 0 Å². The molecule has 0 radical (unpaired) electrons. The molecule has 0 aromatic carbocycles.